The van der Waals surface area contributed by atoms with Crippen LogP contribution in [0.25, 0.3) is 11.0 Å². The van der Waals surface area contributed by atoms with Crippen molar-refractivity contribution in [2.24, 2.45) is 5.73 Å². The summed E-state index contributed by atoms with van der Waals surface area (Å²) in [6, 6.07) is 14.2. The number of esters is 1. The monoisotopic (exact) mass is 407 g/mol. The van der Waals surface area contributed by atoms with Crippen molar-refractivity contribution in [3.05, 3.63) is 81.5 Å². The Bertz CT molecular complexity index is 1210. The number of carbonyl (C=O) groups is 1. The number of hydrogen-bond donors (Lipinski definition) is 1. The predicted octanol–water partition coefficient (Wildman–Crippen LogP) is 3.45. The molecule has 1 aromatic heterocycles. The molecule has 2 N–H and O–H groups in total. The van der Waals surface area contributed by atoms with Crippen LogP contribution in [0.4, 0.5) is 0 Å². The molecule has 1 aliphatic heterocycles. The van der Waals surface area contributed by atoms with Gasteiger partial charge in [-0.15, -0.1) is 0 Å². The topological polar surface area (TPSA) is 101 Å². The SMILES string of the molecule is CCOC(=O)C1=C(N)Oc2c(c(=O)oc3ccccc23)[C@H]1c1cccc(OCC)c1. The Morgan fingerprint density at radius 2 is 1.90 bits per heavy atom. The number of benzene rings is 2. The van der Waals surface area contributed by atoms with Crippen LogP contribution in [0, 0.1) is 0 Å². The van der Waals surface area contributed by atoms with Crippen molar-refractivity contribution >= 4 is 16.9 Å². The zero-order valence-electron chi connectivity index (χ0n) is 16.6. The maximum Gasteiger partial charge on any atom is 0.344 e. The van der Waals surface area contributed by atoms with Crippen LogP contribution < -0.4 is 20.8 Å². The van der Waals surface area contributed by atoms with E-state index in [-0.39, 0.29) is 29.4 Å². The molecule has 1 atom stereocenters. The third kappa shape index (κ3) is 3.28. The van der Waals surface area contributed by atoms with Gasteiger partial charge in [-0.3, -0.25) is 0 Å². The highest BCUT2D eigenvalue weighted by Crippen LogP contribution is 2.44. The number of para-hydroxylation sites is 1. The number of carbonyl (C=O) groups excluding carboxylic acids is 1. The van der Waals surface area contributed by atoms with Crippen molar-refractivity contribution in [2.45, 2.75) is 19.8 Å². The van der Waals surface area contributed by atoms with Gasteiger partial charge in [0.1, 0.15) is 16.9 Å². The number of fused-ring (bicyclic) bond motifs is 3. The van der Waals surface area contributed by atoms with Crippen molar-refractivity contribution in [1.29, 1.82) is 0 Å². The predicted molar refractivity (Wildman–Crippen MR) is 110 cm³/mol. The molecule has 0 amide bonds. The van der Waals surface area contributed by atoms with Crippen molar-refractivity contribution in [1.82, 2.24) is 0 Å². The minimum absolute atomic E-state index is 0.0561. The molecule has 7 nitrogen and oxygen atoms in total. The lowest BCUT2D eigenvalue weighted by molar-refractivity contribution is -0.139. The zero-order valence-corrected chi connectivity index (χ0v) is 16.6. The van der Waals surface area contributed by atoms with Gasteiger partial charge in [0.15, 0.2) is 5.75 Å². The minimum atomic E-state index is -0.825. The zero-order chi connectivity index (χ0) is 21.3. The summed E-state index contributed by atoms with van der Waals surface area (Å²) in [4.78, 5) is 25.8. The summed E-state index contributed by atoms with van der Waals surface area (Å²) in [5.74, 6) is -0.702. The van der Waals surface area contributed by atoms with Gasteiger partial charge in [-0.25, -0.2) is 9.59 Å². The number of rotatable bonds is 5. The molecular weight excluding hydrogens is 386 g/mol. The van der Waals surface area contributed by atoms with Gasteiger partial charge in [0, 0.05) is 0 Å². The molecule has 0 fully saturated rings. The lowest BCUT2D eigenvalue weighted by atomic mass is 9.83. The average Bonchev–Trinajstić information content (AvgIpc) is 2.73. The molecule has 0 saturated carbocycles. The molecule has 0 aliphatic carbocycles. The summed E-state index contributed by atoms with van der Waals surface area (Å²) >= 11 is 0. The van der Waals surface area contributed by atoms with E-state index in [0.717, 1.165) is 0 Å². The average molecular weight is 407 g/mol. The van der Waals surface area contributed by atoms with Crippen molar-refractivity contribution in [2.75, 3.05) is 13.2 Å². The highest BCUT2D eigenvalue weighted by molar-refractivity contribution is 5.94. The van der Waals surface area contributed by atoms with E-state index < -0.39 is 17.5 Å². The Labute approximate surface area is 172 Å². The molecule has 30 heavy (non-hydrogen) atoms. The standard InChI is InChI=1S/C23H21NO6/c1-3-27-14-9-7-8-13(12-14)17-18-20(30-21(24)19(17)22(25)28-4-2)15-10-5-6-11-16(15)29-23(18)26/h5-12,17H,3-4,24H2,1-2H3/t17-/m1/s1. The third-order valence-electron chi connectivity index (χ3n) is 4.85. The summed E-state index contributed by atoms with van der Waals surface area (Å²) in [5.41, 5.74) is 6.84. The van der Waals surface area contributed by atoms with Gasteiger partial charge in [0.25, 0.3) is 0 Å². The number of nitrogens with two attached hydrogens (primary N) is 1. The Morgan fingerprint density at radius 1 is 1.10 bits per heavy atom. The van der Waals surface area contributed by atoms with E-state index >= 15 is 0 Å². The Kier molecular flexibility index (Phi) is 5.18. The summed E-state index contributed by atoms with van der Waals surface area (Å²) in [6.45, 7) is 4.20. The third-order valence-corrected chi connectivity index (χ3v) is 4.85. The largest absolute Gasteiger partial charge is 0.494 e. The van der Waals surface area contributed by atoms with Crippen molar-refractivity contribution in [3.8, 4) is 11.5 Å². The first-order chi connectivity index (χ1) is 14.5. The van der Waals surface area contributed by atoms with E-state index in [4.69, 9.17) is 24.4 Å². The highest BCUT2D eigenvalue weighted by atomic mass is 16.5. The van der Waals surface area contributed by atoms with E-state index in [9.17, 15) is 9.59 Å². The Hall–Kier alpha value is -3.74. The van der Waals surface area contributed by atoms with Crippen molar-refractivity contribution in [3.63, 3.8) is 0 Å². The fourth-order valence-electron chi connectivity index (χ4n) is 3.66. The van der Waals surface area contributed by atoms with E-state index in [2.05, 4.69) is 0 Å². The molecule has 3 aromatic rings. The van der Waals surface area contributed by atoms with E-state index in [0.29, 0.717) is 28.9 Å². The molecule has 0 radical (unpaired) electrons. The van der Waals surface area contributed by atoms with Crippen LogP contribution in [-0.2, 0) is 9.53 Å². The molecule has 0 bridgehead atoms. The molecule has 4 rings (SSSR count). The van der Waals surface area contributed by atoms with E-state index in [1.54, 1.807) is 55.5 Å². The second kappa shape index (κ2) is 7.94. The van der Waals surface area contributed by atoms with Crippen LogP contribution in [-0.4, -0.2) is 19.2 Å². The van der Waals surface area contributed by atoms with Gasteiger partial charge in [-0.1, -0.05) is 24.3 Å². The van der Waals surface area contributed by atoms with Gasteiger partial charge < -0.3 is 24.4 Å². The van der Waals surface area contributed by atoms with Crippen LogP contribution in [0.5, 0.6) is 11.5 Å². The number of hydrogen-bond acceptors (Lipinski definition) is 7. The Morgan fingerprint density at radius 3 is 2.67 bits per heavy atom. The molecule has 2 heterocycles. The molecule has 0 saturated heterocycles. The highest BCUT2D eigenvalue weighted by Gasteiger charge is 2.39. The maximum atomic E-state index is 13.0. The van der Waals surface area contributed by atoms with Gasteiger partial charge in [0.05, 0.1) is 30.1 Å². The van der Waals surface area contributed by atoms with Crippen LogP contribution in [0.2, 0.25) is 0 Å². The van der Waals surface area contributed by atoms with Gasteiger partial charge >= 0.3 is 11.6 Å². The molecule has 7 heteroatoms. The van der Waals surface area contributed by atoms with Crippen LogP contribution in [0.15, 0.2) is 69.2 Å². The molecule has 0 unspecified atom stereocenters. The lowest BCUT2D eigenvalue weighted by Crippen LogP contribution is -2.31. The van der Waals surface area contributed by atoms with E-state index in [1.807, 2.05) is 6.92 Å². The smallest absolute Gasteiger partial charge is 0.344 e. The first-order valence-corrected chi connectivity index (χ1v) is 9.68. The van der Waals surface area contributed by atoms with Gasteiger partial charge in [-0.2, -0.15) is 0 Å². The van der Waals surface area contributed by atoms with Gasteiger partial charge in [-0.05, 0) is 43.7 Å². The summed E-state index contributed by atoms with van der Waals surface area (Å²) in [6.07, 6.45) is 0. The van der Waals surface area contributed by atoms with Crippen LogP contribution >= 0.6 is 0 Å². The van der Waals surface area contributed by atoms with Crippen molar-refractivity contribution < 1.29 is 23.4 Å². The summed E-state index contributed by atoms with van der Waals surface area (Å²) < 4.78 is 22.1. The second-order valence-electron chi connectivity index (χ2n) is 6.67. The molecule has 154 valence electrons. The molecule has 0 spiro atoms. The van der Waals surface area contributed by atoms with Crippen LogP contribution in [0.1, 0.15) is 30.9 Å². The molecule has 1 aliphatic rings. The normalized spacial score (nSPS) is 15.5. The second-order valence-corrected chi connectivity index (χ2v) is 6.67. The fraction of sp³-hybridized carbons (Fsp3) is 0.217. The lowest BCUT2D eigenvalue weighted by Gasteiger charge is -2.28. The van der Waals surface area contributed by atoms with Gasteiger partial charge in [0.2, 0.25) is 5.88 Å². The minimum Gasteiger partial charge on any atom is -0.494 e. The van der Waals surface area contributed by atoms with E-state index in [1.165, 1.54) is 0 Å². The molecular formula is C23H21NO6. The maximum absolute atomic E-state index is 13.0. The number of ether oxygens (including phenoxy) is 3. The fourth-order valence-corrected chi connectivity index (χ4v) is 3.66. The van der Waals surface area contributed by atoms with Crippen LogP contribution in [0.3, 0.4) is 0 Å². The Balaban J connectivity index is 2.01. The quantitative estimate of drug-likeness (QED) is 0.511. The first-order valence-electron chi connectivity index (χ1n) is 9.68. The summed E-state index contributed by atoms with van der Waals surface area (Å²) in [7, 11) is 0. The summed E-state index contributed by atoms with van der Waals surface area (Å²) in [5, 5.41) is 0.587. The first kappa shape index (κ1) is 19.6. The molecule has 2 aromatic carbocycles.